The monoisotopic (exact) mass is 520 g/mol. The highest BCUT2D eigenvalue weighted by Crippen LogP contribution is 2.61. The minimum atomic E-state index is -0.218. The van der Waals surface area contributed by atoms with Crippen LogP contribution in [0.3, 0.4) is 0 Å². The van der Waals surface area contributed by atoms with Crippen LogP contribution in [0.5, 0.6) is 5.75 Å². The molecule has 1 aliphatic rings. The fourth-order valence-electron chi connectivity index (χ4n) is 5.84. The van der Waals surface area contributed by atoms with E-state index in [9.17, 15) is 4.79 Å². The Hall–Kier alpha value is -3.21. The standard InChI is InChI=1S/C29H33ClN4O3/c1-28(2)26(29(3,4)27(28)37-22-13-14-24(31-5)23(30)16-22)17-25(35)19-9-11-21(12-10-19)34-18-20(32-33-34)8-7-15-36-6/h9-14,16,18,26-27H,7-8,15,17H2,1-4,6H3. The second-order valence-corrected chi connectivity index (χ2v) is 11.3. The summed E-state index contributed by atoms with van der Waals surface area (Å²) in [5.41, 5.74) is 2.42. The molecular formula is C29H33ClN4O3. The van der Waals surface area contributed by atoms with Gasteiger partial charge >= 0.3 is 0 Å². The predicted molar refractivity (Wildman–Crippen MR) is 144 cm³/mol. The molecule has 1 saturated carbocycles. The van der Waals surface area contributed by atoms with Gasteiger partial charge in [-0.15, -0.1) is 5.10 Å². The molecule has 2 aromatic carbocycles. The van der Waals surface area contributed by atoms with Crippen LogP contribution < -0.4 is 4.74 Å². The van der Waals surface area contributed by atoms with Gasteiger partial charge in [0.05, 0.1) is 29.2 Å². The minimum Gasteiger partial charge on any atom is -0.489 e. The van der Waals surface area contributed by atoms with E-state index >= 15 is 0 Å². The third-order valence-corrected chi connectivity index (χ3v) is 7.91. The SMILES string of the molecule is [C-]#[N+]c1ccc(OC2C(C)(C)C(CC(=O)c3ccc(-n4cc(CCCOC)nn4)cc3)C2(C)C)cc1Cl. The molecule has 37 heavy (non-hydrogen) atoms. The Morgan fingerprint density at radius 1 is 1.14 bits per heavy atom. The third kappa shape index (κ3) is 5.41. The molecule has 0 saturated heterocycles. The highest BCUT2D eigenvalue weighted by molar-refractivity contribution is 6.33. The first-order valence-corrected chi connectivity index (χ1v) is 12.8. The van der Waals surface area contributed by atoms with Crippen LogP contribution in [0.1, 0.15) is 56.6 Å². The van der Waals surface area contributed by atoms with Gasteiger partial charge in [-0.3, -0.25) is 4.79 Å². The topological polar surface area (TPSA) is 70.6 Å². The van der Waals surface area contributed by atoms with Crippen LogP contribution in [0.15, 0.2) is 48.7 Å². The second-order valence-electron chi connectivity index (χ2n) is 10.8. The molecule has 0 aliphatic heterocycles. The first-order chi connectivity index (χ1) is 17.6. The lowest BCUT2D eigenvalue weighted by molar-refractivity contribution is -0.196. The van der Waals surface area contributed by atoms with Crippen LogP contribution in [-0.2, 0) is 11.2 Å². The van der Waals surface area contributed by atoms with Crippen LogP contribution in [0.4, 0.5) is 5.69 Å². The number of methoxy groups -OCH3 is 1. The van der Waals surface area contributed by atoms with E-state index in [1.165, 1.54) is 0 Å². The van der Waals surface area contributed by atoms with Crippen molar-refractivity contribution in [2.24, 2.45) is 16.7 Å². The average molecular weight is 521 g/mol. The molecule has 0 N–H and O–H groups in total. The zero-order valence-electron chi connectivity index (χ0n) is 22.0. The summed E-state index contributed by atoms with van der Waals surface area (Å²) in [5, 5.41) is 8.81. The number of carbonyl (C=O) groups is 1. The Kier molecular flexibility index (Phi) is 7.72. The lowest BCUT2D eigenvalue weighted by Gasteiger charge is -2.63. The summed E-state index contributed by atoms with van der Waals surface area (Å²) in [5.74, 6) is 0.887. The quantitative estimate of drug-likeness (QED) is 0.168. The van der Waals surface area contributed by atoms with E-state index in [1.807, 2.05) is 30.5 Å². The normalized spacial score (nSPS) is 19.6. The highest BCUT2D eigenvalue weighted by Gasteiger charge is 2.63. The summed E-state index contributed by atoms with van der Waals surface area (Å²) in [6.07, 6.45) is 3.95. The van der Waals surface area contributed by atoms with Gasteiger partial charge in [-0.1, -0.05) is 50.6 Å². The summed E-state index contributed by atoms with van der Waals surface area (Å²) in [7, 11) is 1.69. The Bertz CT molecular complexity index is 1290. The largest absolute Gasteiger partial charge is 0.489 e. The summed E-state index contributed by atoms with van der Waals surface area (Å²) >= 11 is 6.21. The molecule has 3 aromatic rings. The Morgan fingerprint density at radius 3 is 2.46 bits per heavy atom. The first-order valence-electron chi connectivity index (χ1n) is 12.5. The van der Waals surface area contributed by atoms with Gasteiger partial charge in [0.1, 0.15) is 11.9 Å². The van der Waals surface area contributed by atoms with Gasteiger partial charge in [0.2, 0.25) is 5.69 Å². The van der Waals surface area contributed by atoms with Crippen molar-refractivity contribution in [2.75, 3.05) is 13.7 Å². The number of ether oxygens (including phenoxy) is 2. The number of rotatable bonds is 10. The molecule has 0 amide bonds. The van der Waals surface area contributed by atoms with Crippen molar-refractivity contribution in [2.45, 2.75) is 53.1 Å². The molecular weight excluding hydrogens is 488 g/mol. The lowest BCUT2D eigenvalue weighted by Crippen LogP contribution is -2.66. The van der Waals surface area contributed by atoms with Gasteiger partial charge in [0.25, 0.3) is 0 Å². The number of nitrogens with zero attached hydrogens (tertiary/aromatic N) is 4. The summed E-state index contributed by atoms with van der Waals surface area (Å²) in [4.78, 5) is 16.7. The second kappa shape index (κ2) is 10.6. The number of aromatic nitrogens is 3. The fraction of sp³-hybridized carbons (Fsp3) is 0.448. The van der Waals surface area contributed by atoms with Crippen LogP contribution in [0, 0.1) is 23.3 Å². The smallest absolute Gasteiger partial charge is 0.205 e. The van der Waals surface area contributed by atoms with Crippen molar-refractivity contribution in [3.63, 3.8) is 0 Å². The molecule has 0 atom stereocenters. The van der Waals surface area contributed by atoms with Crippen LogP contribution in [-0.4, -0.2) is 40.6 Å². The molecule has 1 fully saturated rings. The van der Waals surface area contributed by atoms with E-state index in [0.29, 0.717) is 35.1 Å². The summed E-state index contributed by atoms with van der Waals surface area (Å²) in [6, 6.07) is 12.7. The molecule has 0 unspecified atom stereocenters. The molecule has 1 aromatic heterocycles. The van der Waals surface area contributed by atoms with E-state index in [2.05, 4.69) is 42.9 Å². The van der Waals surface area contributed by atoms with E-state index in [0.717, 1.165) is 24.2 Å². The molecule has 0 radical (unpaired) electrons. The summed E-state index contributed by atoms with van der Waals surface area (Å²) < 4.78 is 13.2. The number of carbonyl (C=O) groups excluding carboxylic acids is 1. The van der Waals surface area contributed by atoms with Crippen molar-refractivity contribution in [3.8, 4) is 11.4 Å². The van der Waals surface area contributed by atoms with Crippen molar-refractivity contribution < 1.29 is 14.3 Å². The Labute approximate surface area is 223 Å². The maximum absolute atomic E-state index is 13.3. The lowest BCUT2D eigenvalue weighted by atomic mass is 9.44. The molecule has 194 valence electrons. The van der Waals surface area contributed by atoms with Crippen molar-refractivity contribution in [3.05, 3.63) is 76.4 Å². The predicted octanol–water partition coefficient (Wildman–Crippen LogP) is 6.75. The molecule has 7 nitrogen and oxygen atoms in total. The fourth-order valence-corrected chi connectivity index (χ4v) is 6.06. The van der Waals surface area contributed by atoms with E-state index in [4.69, 9.17) is 27.6 Å². The van der Waals surface area contributed by atoms with Gasteiger partial charge in [-0.2, -0.15) is 0 Å². The molecule has 4 rings (SSSR count). The third-order valence-electron chi connectivity index (χ3n) is 7.61. The average Bonchev–Trinajstić information content (AvgIpc) is 3.34. The van der Waals surface area contributed by atoms with Crippen LogP contribution >= 0.6 is 11.6 Å². The number of aryl methyl sites for hydroxylation is 1. The minimum absolute atomic E-state index is 0.0968. The number of benzene rings is 2. The highest BCUT2D eigenvalue weighted by atomic mass is 35.5. The van der Waals surface area contributed by atoms with Crippen molar-refractivity contribution >= 4 is 23.1 Å². The Morgan fingerprint density at radius 2 is 1.84 bits per heavy atom. The van der Waals surface area contributed by atoms with Gasteiger partial charge < -0.3 is 9.47 Å². The van der Waals surface area contributed by atoms with Gasteiger partial charge in [0.15, 0.2) is 5.78 Å². The molecule has 0 bridgehead atoms. The number of hydrogen-bond acceptors (Lipinski definition) is 5. The zero-order valence-corrected chi connectivity index (χ0v) is 22.7. The maximum atomic E-state index is 13.3. The van der Waals surface area contributed by atoms with E-state index in [-0.39, 0.29) is 28.6 Å². The van der Waals surface area contributed by atoms with Crippen molar-refractivity contribution in [1.82, 2.24) is 15.0 Å². The van der Waals surface area contributed by atoms with Gasteiger partial charge in [-0.05, 0) is 55.2 Å². The molecule has 8 heteroatoms. The molecule has 1 heterocycles. The van der Waals surface area contributed by atoms with Gasteiger partial charge in [-0.25, -0.2) is 9.53 Å². The number of halogens is 1. The van der Waals surface area contributed by atoms with E-state index in [1.54, 1.807) is 30.0 Å². The molecule has 1 aliphatic carbocycles. The zero-order chi connectivity index (χ0) is 26.8. The van der Waals surface area contributed by atoms with Gasteiger partial charge in [0, 0.05) is 36.5 Å². The maximum Gasteiger partial charge on any atom is 0.205 e. The van der Waals surface area contributed by atoms with Crippen LogP contribution in [0.25, 0.3) is 10.5 Å². The first kappa shape index (κ1) is 26.8. The Balaban J connectivity index is 1.41. The summed E-state index contributed by atoms with van der Waals surface area (Å²) in [6.45, 7) is 16.5. The van der Waals surface area contributed by atoms with Crippen LogP contribution in [0.2, 0.25) is 5.02 Å². The number of hydrogen-bond donors (Lipinski definition) is 0. The number of Topliss-reactive ketones (excluding diaryl/α,β-unsaturated/α-hetero) is 1. The molecule has 0 spiro atoms. The number of ketones is 1. The van der Waals surface area contributed by atoms with Crippen molar-refractivity contribution in [1.29, 1.82) is 0 Å². The van der Waals surface area contributed by atoms with E-state index < -0.39 is 0 Å².